The van der Waals surface area contributed by atoms with Crippen LogP contribution in [0, 0.1) is 5.92 Å². The second-order valence-electron chi connectivity index (χ2n) is 7.94. The highest BCUT2D eigenvalue weighted by Gasteiger charge is 2.41. The monoisotopic (exact) mass is 397 g/mol. The standard InChI is InChI=1S/C23H28ClN3O/c1-3-16(2)25-23(28)20-13-17-7-4-5-10-21(17)27-12-11-26(15-22(20)27)19-9-6-8-18(24)14-19/h4-10,14,16,20,22H,3,11-13,15H2,1-2H3,(H,25,28). The Morgan fingerprint density at radius 1 is 1.21 bits per heavy atom. The Balaban J connectivity index is 1.64. The minimum atomic E-state index is -0.0501. The van der Waals surface area contributed by atoms with Gasteiger partial charge in [0.1, 0.15) is 0 Å². The summed E-state index contributed by atoms with van der Waals surface area (Å²) in [5.41, 5.74) is 3.69. The van der Waals surface area contributed by atoms with Gasteiger partial charge in [0.05, 0.1) is 12.0 Å². The van der Waals surface area contributed by atoms with Crippen molar-refractivity contribution in [2.45, 2.75) is 38.8 Å². The van der Waals surface area contributed by atoms with Gasteiger partial charge >= 0.3 is 0 Å². The molecule has 148 valence electrons. The fourth-order valence-corrected chi connectivity index (χ4v) is 4.60. The van der Waals surface area contributed by atoms with Gasteiger partial charge in [0.15, 0.2) is 0 Å². The highest BCUT2D eigenvalue weighted by Crippen LogP contribution is 2.37. The molecular weight excluding hydrogens is 370 g/mol. The summed E-state index contributed by atoms with van der Waals surface area (Å²) in [5.74, 6) is 0.123. The Hall–Kier alpha value is -2.20. The van der Waals surface area contributed by atoms with Crippen molar-refractivity contribution in [1.82, 2.24) is 5.32 Å². The lowest BCUT2D eigenvalue weighted by atomic mass is 9.83. The van der Waals surface area contributed by atoms with Crippen LogP contribution >= 0.6 is 11.6 Å². The number of rotatable bonds is 4. The molecule has 3 unspecified atom stereocenters. The number of piperazine rings is 1. The van der Waals surface area contributed by atoms with E-state index < -0.39 is 0 Å². The molecule has 0 aliphatic carbocycles. The van der Waals surface area contributed by atoms with Crippen molar-refractivity contribution < 1.29 is 4.79 Å². The van der Waals surface area contributed by atoms with Crippen LogP contribution in [0.2, 0.25) is 5.02 Å². The van der Waals surface area contributed by atoms with Crippen molar-refractivity contribution in [3.8, 4) is 0 Å². The Morgan fingerprint density at radius 2 is 2.04 bits per heavy atom. The molecule has 0 aromatic heterocycles. The Kier molecular flexibility index (Phi) is 5.49. The average Bonchev–Trinajstić information content (AvgIpc) is 2.72. The van der Waals surface area contributed by atoms with Crippen LogP contribution in [0.4, 0.5) is 11.4 Å². The van der Waals surface area contributed by atoms with Crippen molar-refractivity contribution in [1.29, 1.82) is 0 Å². The summed E-state index contributed by atoms with van der Waals surface area (Å²) in [6.07, 6.45) is 1.74. The average molecular weight is 398 g/mol. The third kappa shape index (κ3) is 3.70. The van der Waals surface area contributed by atoms with Crippen molar-refractivity contribution in [3.05, 3.63) is 59.1 Å². The molecule has 2 heterocycles. The number of carbonyl (C=O) groups is 1. The molecule has 5 heteroatoms. The number of hydrogen-bond acceptors (Lipinski definition) is 3. The molecule has 2 aliphatic rings. The smallest absolute Gasteiger partial charge is 0.225 e. The highest BCUT2D eigenvalue weighted by molar-refractivity contribution is 6.30. The summed E-state index contributed by atoms with van der Waals surface area (Å²) in [4.78, 5) is 18.0. The first-order valence-electron chi connectivity index (χ1n) is 10.2. The van der Waals surface area contributed by atoms with Gasteiger partial charge in [0, 0.05) is 42.1 Å². The predicted molar refractivity (Wildman–Crippen MR) is 116 cm³/mol. The number of carbonyl (C=O) groups excluding carboxylic acids is 1. The number of anilines is 2. The lowest BCUT2D eigenvalue weighted by molar-refractivity contribution is -0.126. The third-order valence-electron chi connectivity index (χ3n) is 6.14. The van der Waals surface area contributed by atoms with Crippen molar-refractivity contribution >= 4 is 28.9 Å². The highest BCUT2D eigenvalue weighted by atomic mass is 35.5. The lowest BCUT2D eigenvalue weighted by Crippen LogP contribution is -2.61. The Labute approximate surface area is 172 Å². The summed E-state index contributed by atoms with van der Waals surface area (Å²) in [6.45, 7) is 6.83. The fourth-order valence-electron chi connectivity index (χ4n) is 4.42. The number of halogens is 1. The Bertz CT molecular complexity index is 855. The fraction of sp³-hybridized carbons (Fsp3) is 0.435. The maximum absolute atomic E-state index is 13.2. The van der Waals surface area contributed by atoms with Crippen LogP contribution in [-0.2, 0) is 11.2 Å². The molecule has 0 radical (unpaired) electrons. The molecule has 1 fully saturated rings. The number of nitrogens with zero attached hydrogens (tertiary/aromatic N) is 2. The molecule has 1 N–H and O–H groups in total. The largest absolute Gasteiger partial charge is 0.368 e. The topological polar surface area (TPSA) is 35.6 Å². The minimum Gasteiger partial charge on any atom is -0.368 e. The van der Waals surface area contributed by atoms with Gasteiger partial charge in [-0.25, -0.2) is 0 Å². The van der Waals surface area contributed by atoms with Crippen molar-refractivity contribution in [2.24, 2.45) is 5.92 Å². The van der Waals surface area contributed by atoms with E-state index in [0.29, 0.717) is 0 Å². The van der Waals surface area contributed by atoms with E-state index in [1.807, 2.05) is 18.2 Å². The normalized spacial score (nSPS) is 22.2. The van der Waals surface area contributed by atoms with Gasteiger partial charge in [0.2, 0.25) is 5.91 Å². The van der Waals surface area contributed by atoms with E-state index in [4.69, 9.17) is 11.6 Å². The molecule has 1 amide bonds. The first-order valence-corrected chi connectivity index (χ1v) is 10.6. The maximum Gasteiger partial charge on any atom is 0.225 e. The van der Waals surface area contributed by atoms with Gasteiger partial charge in [-0.05, 0) is 49.6 Å². The number of benzene rings is 2. The second-order valence-corrected chi connectivity index (χ2v) is 8.38. The number of hydrogen-bond donors (Lipinski definition) is 1. The van der Waals surface area contributed by atoms with Gasteiger partial charge in [-0.15, -0.1) is 0 Å². The molecule has 4 nitrogen and oxygen atoms in total. The zero-order valence-corrected chi connectivity index (χ0v) is 17.3. The summed E-state index contributed by atoms with van der Waals surface area (Å²) in [6, 6.07) is 16.9. The second kappa shape index (κ2) is 8.04. The number of nitrogens with one attached hydrogen (secondary N) is 1. The van der Waals surface area contributed by atoms with Crippen LogP contribution in [0.5, 0.6) is 0 Å². The Morgan fingerprint density at radius 3 is 2.82 bits per heavy atom. The van der Waals surface area contributed by atoms with Crippen molar-refractivity contribution in [3.63, 3.8) is 0 Å². The first-order chi connectivity index (χ1) is 13.6. The van der Waals surface area contributed by atoms with Gasteiger partial charge < -0.3 is 15.1 Å². The van der Waals surface area contributed by atoms with Crippen LogP contribution in [0.3, 0.4) is 0 Å². The van der Waals surface area contributed by atoms with E-state index in [0.717, 1.165) is 43.2 Å². The van der Waals surface area contributed by atoms with E-state index in [1.54, 1.807) is 0 Å². The van der Waals surface area contributed by atoms with Crippen LogP contribution in [0.1, 0.15) is 25.8 Å². The summed E-state index contributed by atoms with van der Waals surface area (Å²) < 4.78 is 0. The van der Waals surface area contributed by atoms with Gasteiger partial charge in [-0.3, -0.25) is 4.79 Å². The SMILES string of the molecule is CCC(C)NC(=O)C1Cc2ccccc2N2CCN(c3cccc(Cl)c3)CC12. The summed E-state index contributed by atoms with van der Waals surface area (Å²) in [5, 5.41) is 3.97. The molecule has 0 saturated carbocycles. The predicted octanol–water partition coefficient (Wildman–Crippen LogP) is 4.12. The molecule has 0 bridgehead atoms. The number of amides is 1. The molecule has 0 spiro atoms. The minimum absolute atomic E-state index is 0.0501. The van der Waals surface area contributed by atoms with Gasteiger partial charge in [0.25, 0.3) is 0 Å². The zero-order chi connectivity index (χ0) is 19.7. The molecular formula is C23H28ClN3O. The van der Waals surface area contributed by atoms with E-state index in [-0.39, 0.29) is 23.9 Å². The molecule has 3 atom stereocenters. The third-order valence-corrected chi connectivity index (χ3v) is 6.37. The zero-order valence-electron chi connectivity index (χ0n) is 16.6. The quantitative estimate of drug-likeness (QED) is 0.842. The summed E-state index contributed by atoms with van der Waals surface area (Å²) >= 11 is 6.22. The van der Waals surface area contributed by atoms with Crippen LogP contribution in [0.15, 0.2) is 48.5 Å². The molecule has 2 aromatic carbocycles. The molecule has 1 saturated heterocycles. The van der Waals surface area contributed by atoms with Crippen LogP contribution in [-0.4, -0.2) is 37.6 Å². The molecule has 2 aromatic rings. The van der Waals surface area contributed by atoms with Crippen molar-refractivity contribution in [2.75, 3.05) is 29.4 Å². The first kappa shape index (κ1) is 19.1. The van der Waals surface area contributed by atoms with Crippen LogP contribution < -0.4 is 15.1 Å². The molecule has 4 rings (SSSR count). The van der Waals surface area contributed by atoms with Gasteiger partial charge in [-0.1, -0.05) is 42.8 Å². The van der Waals surface area contributed by atoms with Gasteiger partial charge in [-0.2, -0.15) is 0 Å². The van der Waals surface area contributed by atoms with E-state index in [9.17, 15) is 4.79 Å². The number of fused-ring (bicyclic) bond motifs is 3. The van der Waals surface area contributed by atoms with Crippen LogP contribution in [0.25, 0.3) is 0 Å². The maximum atomic E-state index is 13.2. The molecule has 2 aliphatic heterocycles. The molecule has 28 heavy (non-hydrogen) atoms. The van der Waals surface area contributed by atoms with E-state index in [2.05, 4.69) is 59.3 Å². The summed E-state index contributed by atoms with van der Waals surface area (Å²) in [7, 11) is 0. The number of para-hydroxylation sites is 1. The van der Waals surface area contributed by atoms with E-state index in [1.165, 1.54) is 11.3 Å². The lowest BCUT2D eigenvalue weighted by Gasteiger charge is -2.49. The van der Waals surface area contributed by atoms with E-state index >= 15 is 0 Å².